The Labute approximate surface area is 106 Å². The molecule has 0 heterocycles. The number of hydrogen-bond donors (Lipinski definition) is 0. The maximum Gasteiger partial charge on any atom is 0.130 e. The van der Waals surface area contributed by atoms with Crippen LogP contribution in [0.2, 0.25) is 0 Å². The topological polar surface area (TPSA) is 0 Å². The van der Waals surface area contributed by atoms with E-state index < -0.39 is 4.87 Å². The van der Waals surface area contributed by atoms with Crippen molar-refractivity contribution in [2.45, 2.75) is 11.8 Å². The van der Waals surface area contributed by atoms with Crippen LogP contribution in [0.15, 0.2) is 54.6 Å². The summed E-state index contributed by atoms with van der Waals surface area (Å²) in [5.74, 6) is 0.171. The first-order valence-corrected chi connectivity index (χ1v) is 5.98. The molecule has 2 rings (SSSR count). The van der Waals surface area contributed by atoms with Crippen LogP contribution in [-0.2, 0) is 0 Å². The molecule has 0 nitrogen and oxygen atoms in total. The van der Waals surface area contributed by atoms with Gasteiger partial charge < -0.3 is 0 Å². The van der Waals surface area contributed by atoms with Gasteiger partial charge in [0.2, 0.25) is 0 Å². The Morgan fingerprint density at radius 2 is 1.88 bits per heavy atom. The fourth-order valence-electron chi connectivity index (χ4n) is 1.66. The highest BCUT2D eigenvalue weighted by atomic mass is 35.5. The molecule has 0 N–H and O–H groups in total. The SMILES string of the molecule is CC1C=CC(Cl)(/C=C/c2ccccc2F)C=C1. The average molecular weight is 249 g/mol. The summed E-state index contributed by atoms with van der Waals surface area (Å²) >= 11 is 6.36. The molecule has 2 heteroatoms. The molecule has 0 aliphatic heterocycles. The monoisotopic (exact) mass is 248 g/mol. The van der Waals surface area contributed by atoms with E-state index >= 15 is 0 Å². The summed E-state index contributed by atoms with van der Waals surface area (Å²) in [6, 6.07) is 6.64. The number of benzene rings is 1. The molecule has 1 aromatic carbocycles. The van der Waals surface area contributed by atoms with Gasteiger partial charge in [-0.1, -0.05) is 61.6 Å². The molecular formula is C15H14ClF. The highest BCUT2D eigenvalue weighted by Gasteiger charge is 2.19. The van der Waals surface area contributed by atoms with E-state index in [4.69, 9.17) is 11.6 Å². The number of hydrogen-bond acceptors (Lipinski definition) is 0. The third-order valence-corrected chi connectivity index (χ3v) is 3.11. The van der Waals surface area contributed by atoms with Crippen molar-refractivity contribution in [1.82, 2.24) is 0 Å². The fourth-order valence-corrected chi connectivity index (χ4v) is 1.87. The van der Waals surface area contributed by atoms with E-state index in [1.54, 1.807) is 30.4 Å². The average Bonchev–Trinajstić information content (AvgIpc) is 2.33. The maximum absolute atomic E-state index is 13.4. The predicted molar refractivity (Wildman–Crippen MR) is 71.5 cm³/mol. The minimum Gasteiger partial charge on any atom is -0.206 e. The van der Waals surface area contributed by atoms with Crippen LogP contribution >= 0.6 is 11.6 Å². The van der Waals surface area contributed by atoms with Gasteiger partial charge in [-0.25, -0.2) is 4.39 Å². The van der Waals surface area contributed by atoms with Crippen LogP contribution in [0, 0.1) is 11.7 Å². The lowest BCUT2D eigenvalue weighted by molar-refractivity contribution is 0.625. The Bertz CT molecular complexity index is 471. The van der Waals surface area contributed by atoms with Crippen molar-refractivity contribution in [3.8, 4) is 0 Å². The number of rotatable bonds is 2. The van der Waals surface area contributed by atoms with Crippen LogP contribution in [0.4, 0.5) is 4.39 Å². The van der Waals surface area contributed by atoms with E-state index in [1.807, 2.05) is 24.3 Å². The molecule has 0 saturated heterocycles. The van der Waals surface area contributed by atoms with Crippen molar-refractivity contribution in [2.75, 3.05) is 0 Å². The van der Waals surface area contributed by atoms with Gasteiger partial charge in [0.15, 0.2) is 0 Å². The summed E-state index contributed by atoms with van der Waals surface area (Å²) in [6.45, 7) is 2.09. The Hall–Kier alpha value is -1.34. The van der Waals surface area contributed by atoms with Gasteiger partial charge in [-0.3, -0.25) is 0 Å². The second-order valence-corrected chi connectivity index (χ2v) is 4.91. The van der Waals surface area contributed by atoms with Crippen molar-refractivity contribution < 1.29 is 4.39 Å². The standard InChI is InChI=1S/C15H14ClF/c1-12-6-9-15(16,10-7-12)11-8-13-4-2-3-5-14(13)17/h2-12H,1H3/b11-8+. The molecule has 0 amide bonds. The van der Waals surface area contributed by atoms with E-state index in [0.717, 1.165) is 0 Å². The van der Waals surface area contributed by atoms with Gasteiger partial charge in [-0.15, -0.1) is 11.6 Å². The van der Waals surface area contributed by atoms with Gasteiger partial charge in [-0.05, 0) is 12.0 Å². The van der Waals surface area contributed by atoms with Crippen molar-refractivity contribution in [2.24, 2.45) is 5.92 Å². The molecule has 0 saturated carbocycles. The van der Waals surface area contributed by atoms with Crippen molar-refractivity contribution in [3.63, 3.8) is 0 Å². The quantitative estimate of drug-likeness (QED) is 0.531. The van der Waals surface area contributed by atoms with Crippen molar-refractivity contribution in [3.05, 3.63) is 66.0 Å². The minimum atomic E-state index is -0.630. The van der Waals surface area contributed by atoms with Crippen LogP contribution in [0.25, 0.3) is 6.08 Å². The van der Waals surface area contributed by atoms with Gasteiger partial charge in [0.1, 0.15) is 5.82 Å². The first-order chi connectivity index (χ1) is 8.09. The largest absolute Gasteiger partial charge is 0.206 e. The highest BCUT2D eigenvalue weighted by Crippen LogP contribution is 2.27. The van der Waals surface area contributed by atoms with E-state index in [-0.39, 0.29) is 5.82 Å². The smallest absolute Gasteiger partial charge is 0.130 e. The maximum atomic E-state index is 13.4. The molecule has 0 unspecified atom stereocenters. The van der Waals surface area contributed by atoms with Gasteiger partial charge in [0, 0.05) is 5.56 Å². The molecule has 0 aromatic heterocycles. The Kier molecular flexibility index (Phi) is 3.49. The second-order valence-electron chi connectivity index (χ2n) is 4.26. The van der Waals surface area contributed by atoms with Crippen molar-refractivity contribution in [1.29, 1.82) is 0 Å². The molecule has 0 bridgehead atoms. The van der Waals surface area contributed by atoms with Crippen LogP contribution in [0.3, 0.4) is 0 Å². The van der Waals surface area contributed by atoms with Crippen molar-refractivity contribution >= 4 is 17.7 Å². The summed E-state index contributed by atoms with van der Waals surface area (Å²) < 4.78 is 13.4. The molecule has 1 aliphatic rings. The fraction of sp³-hybridized carbons (Fsp3) is 0.200. The zero-order chi connectivity index (χ0) is 12.3. The van der Waals surface area contributed by atoms with Gasteiger partial charge in [-0.2, -0.15) is 0 Å². The van der Waals surface area contributed by atoms with E-state index in [2.05, 4.69) is 6.92 Å². The van der Waals surface area contributed by atoms with E-state index in [1.165, 1.54) is 6.07 Å². The molecule has 0 fully saturated rings. The zero-order valence-electron chi connectivity index (χ0n) is 9.61. The Morgan fingerprint density at radius 1 is 1.24 bits per heavy atom. The lowest BCUT2D eigenvalue weighted by atomic mass is 9.96. The molecule has 0 radical (unpaired) electrons. The van der Waals surface area contributed by atoms with Gasteiger partial charge >= 0.3 is 0 Å². The molecule has 1 aromatic rings. The Balaban J connectivity index is 2.19. The molecular weight excluding hydrogens is 235 g/mol. The summed E-state index contributed by atoms with van der Waals surface area (Å²) in [5.41, 5.74) is 0.549. The van der Waals surface area contributed by atoms with Crippen LogP contribution < -0.4 is 0 Å². The summed E-state index contributed by atoms with van der Waals surface area (Å²) in [6.07, 6.45) is 11.4. The van der Waals surface area contributed by atoms with Crippen LogP contribution in [-0.4, -0.2) is 4.87 Å². The number of alkyl halides is 1. The zero-order valence-corrected chi connectivity index (χ0v) is 10.4. The summed E-state index contributed by atoms with van der Waals surface area (Å²) in [5, 5.41) is 0. The lowest BCUT2D eigenvalue weighted by Gasteiger charge is -2.19. The van der Waals surface area contributed by atoms with E-state index in [0.29, 0.717) is 11.5 Å². The first-order valence-electron chi connectivity index (χ1n) is 5.60. The van der Waals surface area contributed by atoms with Crippen LogP contribution in [0.5, 0.6) is 0 Å². The van der Waals surface area contributed by atoms with Crippen LogP contribution in [0.1, 0.15) is 12.5 Å². The third-order valence-electron chi connectivity index (χ3n) is 2.73. The van der Waals surface area contributed by atoms with Gasteiger partial charge in [0.05, 0.1) is 4.87 Å². The Morgan fingerprint density at radius 3 is 2.53 bits per heavy atom. The number of halogens is 2. The molecule has 88 valence electrons. The molecule has 0 atom stereocenters. The highest BCUT2D eigenvalue weighted by molar-refractivity contribution is 6.28. The number of allylic oxidation sites excluding steroid dienone is 5. The minimum absolute atomic E-state index is 0.235. The molecule has 1 aliphatic carbocycles. The summed E-state index contributed by atoms with van der Waals surface area (Å²) in [7, 11) is 0. The van der Waals surface area contributed by atoms with E-state index in [9.17, 15) is 4.39 Å². The lowest BCUT2D eigenvalue weighted by Crippen LogP contribution is -2.14. The second kappa shape index (κ2) is 4.89. The third kappa shape index (κ3) is 3.07. The molecule has 17 heavy (non-hydrogen) atoms. The first kappa shape index (κ1) is 12.1. The predicted octanol–water partition coefficient (Wildman–Crippen LogP) is 4.58. The summed E-state index contributed by atoms with van der Waals surface area (Å²) in [4.78, 5) is -0.630. The molecule has 0 spiro atoms. The van der Waals surface area contributed by atoms with Gasteiger partial charge in [0.25, 0.3) is 0 Å². The normalized spacial score (nSPS) is 27.8.